The Balaban J connectivity index is 1.84. The Labute approximate surface area is 147 Å². The number of hydrogen-bond donors (Lipinski definition) is 4. The van der Waals surface area contributed by atoms with Gasteiger partial charge >= 0.3 is 19.9 Å². The fourth-order valence-electron chi connectivity index (χ4n) is 4.85. The fraction of sp³-hybridized carbons (Fsp3) is 0.692. The zero-order valence-corrected chi connectivity index (χ0v) is 14.7. The van der Waals surface area contributed by atoms with Crippen molar-refractivity contribution in [2.45, 2.75) is 32.0 Å². The second kappa shape index (κ2) is 4.83. The lowest BCUT2D eigenvalue weighted by Gasteiger charge is -2.70. The maximum Gasteiger partial charge on any atom is 0.469 e. The highest BCUT2D eigenvalue weighted by atomic mass is 31.2. The molecule has 0 spiro atoms. The summed E-state index contributed by atoms with van der Waals surface area (Å²) in [4.78, 5) is 70.5. The number of fused-ring (bicyclic) bond motifs is 1. The lowest BCUT2D eigenvalue weighted by atomic mass is 9.42. The molecule has 0 radical (unpaired) electrons. The molecule has 0 bridgehead atoms. The maximum absolute atomic E-state index is 12.6. The van der Waals surface area contributed by atoms with Gasteiger partial charge in [-0.2, -0.15) is 0 Å². The van der Waals surface area contributed by atoms with Crippen molar-refractivity contribution in [3.8, 4) is 0 Å². The Morgan fingerprint density at radius 2 is 1.35 bits per heavy atom. The van der Waals surface area contributed by atoms with Crippen LogP contribution < -0.4 is 10.6 Å². The third-order valence-electron chi connectivity index (χ3n) is 6.23. The number of phosphoric ester groups is 1. The number of phosphoric acid groups is 1. The Morgan fingerprint density at radius 1 is 0.962 bits per heavy atom. The van der Waals surface area contributed by atoms with Gasteiger partial charge in [-0.25, -0.2) is 14.2 Å². The van der Waals surface area contributed by atoms with Crippen LogP contribution in [0.4, 0.5) is 9.59 Å². The molecule has 12 nitrogen and oxygen atoms in total. The number of hydrogen-bond acceptors (Lipinski definition) is 6. The van der Waals surface area contributed by atoms with Crippen LogP contribution in [0, 0.1) is 10.8 Å². The number of carbonyl (C=O) groups is 4. The fourth-order valence-corrected chi connectivity index (χ4v) is 5.38. The van der Waals surface area contributed by atoms with Crippen molar-refractivity contribution in [2.24, 2.45) is 10.8 Å². The van der Waals surface area contributed by atoms with E-state index in [0.29, 0.717) is 0 Å². The lowest BCUT2D eigenvalue weighted by Crippen LogP contribution is -2.90. The van der Waals surface area contributed by atoms with Gasteiger partial charge < -0.3 is 19.6 Å². The minimum atomic E-state index is -4.89. The van der Waals surface area contributed by atoms with E-state index in [-0.39, 0.29) is 13.1 Å². The summed E-state index contributed by atoms with van der Waals surface area (Å²) in [5.41, 5.74) is -2.60. The van der Waals surface area contributed by atoms with E-state index in [4.69, 9.17) is 14.3 Å². The van der Waals surface area contributed by atoms with E-state index < -0.39 is 60.7 Å². The van der Waals surface area contributed by atoms with E-state index in [1.54, 1.807) is 13.8 Å². The molecule has 142 valence electrons. The molecule has 13 heteroatoms. The number of nitrogens with zero attached hydrogens (tertiary/aromatic N) is 2. The summed E-state index contributed by atoms with van der Waals surface area (Å²) in [6, 6.07) is -3.10. The molecule has 4 aliphatic rings. The molecule has 1 aliphatic carbocycles. The molecule has 0 aromatic rings. The molecule has 0 aromatic carbocycles. The second-order valence-corrected chi connectivity index (χ2v) is 8.53. The van der Waals surface area contributed by atoms with E-state index in [1.807, 2.05) is 0 Å². The van der Waals surface area contributed by atoms with Crippen LogP contribution in [0.3, 0.4) is 0 Å². The quantitative estimate of drug-likeness (QED) is 0.408. The summed E-state index contributed by atoms with van der Waals surface area (Å²) in [5.74, 6) is -1.25. The molecule has 4 N–H and O–H groups in total. The van der Waals surface area contributed by atoms with Crippen molar-refractivity contribution >= 4 is 31.7 Å². The van der Waals surface area contributed by atoms with Gasteiger partial charge in [-0.05, 0) is 13.8 Å². The first-order chi connectivity index (χ1) is 11.9. The molecule has 26 heavy (non-hydrogen) atoms. The van der Waals surface area contributed by atoms with Gasteiger partial charge in [0.05, 0.1) is 36.0 Å². The van der Waals surface area contributed by atoms with Gasteiger partial charge in [0.2, 0.25) is 11.8 Å². The van der Waals surface area contributed by atoms with Gasteiger partial charge in [0, 0.05) is 0 Å². The first kappa shape index (κ1) is 17.4. The number of rotatable bonds is 2. The smallest absolute Gasteiger partial charge is 0.316 e. The van der Waals surface area contributed by atoms with Crippen LogP contribution in [0.15, 0.2) is 0 Å². The van der Waals surface area contributed by atoms with Gasteiger partial charge in [-0.3, -0.25) is 24.7 Å². The third kappa shape index (κ3) is 1.87. The molecule has 0 aromatic heterocycles. The highest BCUT2D eigenvalue weighted by molar-refractivity contribution is 7.46. The maximum atomic E-state index is 12.6. The topological polar surface area (TPSA) is 166 Å². The van der Waals surface area contributed by atoms with Gasteiger partial charge in [-0.15, -0.1) is 0 Å². The molecule has 4 unspecified atom stereocenters. The normalized spacial score (nSPS) is 41.8. The lowest BCUT2D eigenvalue weighted by molar-refractivity contribution is -0.209. The zero-order valence-electron chi connectivity index (χ0n) is 13.8. The number of urea groups is 2. The number of imide groups is 2. The monoisotopic (exact) mass is 388 g/mol. The molecular weight excluding hydrogens is 371 g/mol. The summed E-state index contributed by atoms with van der Waals surface area (Å²) in [6.07, 6.45) is -1.19. The molecule has 3 saturated heterocycles. The summed E-state index contributed by atoms with van der Waals surface area (Å²) >= 11 is 0. The molecular formula is C13H17N4O8P. The van der Waals surface area contributed by atoms with Crippen LogP contribution in [0.1, 0.15) is 13.8 Å². The predicted molar refractivity (Wildman–Crippen MR) is 81.2 cm³/mol. The molecule has 6 amide bonds. The Kier molecular flexibility index (Phi) is 3.23. The highest BCUT2D eigenvalue weighted by Gasteiger charge is 2.81. The van der Waals surface area contributed by atoms with Crippen molar-refractivity contribution in [3.05, 3.63) is 0 Å². The molecule has 4 fully saturated rings. The minimum Gasteiger partial charge on any atom is -0.316 e. The summed E-state index contributed by atoms with van der Waals surface area (Å²) < 4.78 is 16.0. The van der Waals surface area contributed by atoms with E-state index in [0.717, 1.165) is 0 Å². The summed E-state index contributed by atoms with van der Waals surface area (Å²) in [6.45, 7) is 2.60. The van der Waals surface area contributed by atoms with Crippen LogP contribution in [0.5, 0.6) is 0 Å². The molecule has 4 rings (SSSR count). The van der Waals surface area contributed by atoms with E-state index in [1.165, 1.54) is 9.80 Å². The Bertz CT molecular complexity index is 758. The van der Waals surface area contributed by atoms with Crippen molar-refractivity contribution in [1.82, 2.24) is 20.4 Å². The molecule has 4 atom stereocenters. The molecule has 1 saturated carbocycles. The van der Waals surface area contributed by atoms with Gasteiger partial charge in [0.1, 0.15) is 6.10 Å². The predicted octanol–water partition coefficient (Wildman–Crippen LogP) is -1.66. The zero-order chi connectivity index (χ0) is 19.2. The number of carbonyl (C=O) groups excluding carboxylic acids is 4. The van der Waals surface area contributed by atoms with Gasteiger partial charge in [0.15, 0.2) is 0 Å². The van der Waals surface area contributed by atoms with Crippen LogP contribution in [-0.4, -0.2) is 74.7 Å². The van der Waals surface area contributed by atoms with Crippen molar-refractivity contribution in [2.75, 3.05) is 13.1 Å². The largest absolute Gasteiger partial charge is 0.469 e. The third-order valence-corrected chi connectivity index (χ3v) is 6.80. The van der Waals surface area contributed by atoms with Crippen LogP contribution in [0.25, 0.3) is 0 Å². The number of nitrogens with one attached hydrogen (secondary N) is 2. The standard InChI is InChI=1S/C13H17N4O8P/c1-12-6-7-13(12,2)9(19)15-11(21)17(7)4-5(25-26(22,23)24)3-16(6)10(20)14-8(12)18/h5-7H,3-4H2,1-2H3,(H,14,18,20)(H,15,19,21)(H2,22,23,24). The van der Waals surface area contributed by atoms with Gasteiger partial charge in [-0.1, -0.05) is 0 Å². The Hall–Kier alpha value is -2.01. The summed E-state index contributed by atoms with van der Waals surface area (Å²) in [5, 5.41) is 4.39. The van der Waals surface area contributed by atoms with Crippen molar-refractivity contribution in [1.29, 1.82) is 0 Å². The highest BCUT2D eigenvalue weighted by Crippen LogP contribution is 2.63. The van der Waals surface area contributed by atoms with E-state index in [2.05, 4.69) is 10.6 Å². The molecule has 3 aliphatic heterocycles. The SMILES string of the molecule is CC12C(=O)NC(=O)N3CC(OP(=O)(O)O)CN4C(=O)NC(=O)C1(C)C4C32. The second-order valence-electron chi connectivity index (χ2n) is 7.34. The van der Waals surface area contributed by atoms with Crippen LogP contribution in [-0.2, 0) is 18.7 Å². The first-order valence-corrected chi connectivity index (χ1v) is 9.42. The number of amides is 6. The summed E-state index contributed by atoms with van der Waals surface area (Å²) in [7, 11) is -4.89. The minimum absolute atomic E-state index is 0.241. The average molecular weight is 388 g/mol. The van der Waals surface area contributed by atoms with Gasteiger partial charge in [0.25, 0.3) is 0 Å². The Morgan fingerprint density at radius 3 is 1.69 bits per heavy atom. The van der Waals surface area contributed by atoms with Crippen molar-refractivity contribution < 1.29 is 38.1 Å². The van der Waals surface area contributed by atoms with E-state index in [9.17, 15) is 23.7 Å². The first-order valence-electron chi connectivity index (χ1n) is 7.89. The van der Waals surface area contributed by atoms with Crippen molar-refractivity contribution in [3.63, 3.8) is 0 Å². The molecule has 3 heterocycles. The average Bonchev–Trinajstić information content (AvgIpc) is 2.66. The van der Waals surface area contributed by atoms with Crippen LogP contribution in [0.2, 0.25) is 0 Å². The van der Waals surface area contributed by atoms with E-state index >= 15 is 0 Å². The van der Waals surface area contributed by atoms with Crippen LogP contribution >= 0.6 is 7.82 Å².